The van der Waals surface area contributed by atoms with Gasteiger partial charge in [0.15, 0.2) is 0 Å². The molecule has 148 valence electrons. The highest BCUT2D eigenvalue weighted by Gasteiger charge is 2.26. The van der Waals surface area contributed by atoms with Gasteiger partial charge in [0.1, 0.15) is 5.60 Å². The monoisotopic (exact) mass is 372 g/mol. The van der Waals surface area contributed by atoms with Crippen LogP contribution in [0.3, 0.4) is 0 Å². The molecule has 0 aliphatic rings. The zero-order chi connectivity index (χ0) is 19.5. The molecule has 0 aromatic heterocycles. The van der Waals surface area contributed by atoms with Gasteiger partial charge >= 0.3 is 5.97 Å². The molecule has 0 rings (SSSR count). The van der Waals surface area contributed by atoms with Gasteiger partial charge in [-0.2, -0.15) is 0 Å². The molecule has 0 heterocycles. The van der Waals surface area contributed by atoms with E-state index in [9.17, 15) is 4.79 Å². The molecule has 0 radical (unpaired) electrons. The summed E-state index contributed by atoms with van der Waals surface area (Å²) in [4.78, 5) is 11.0. The van der Waals surface area contributed by atoms with Crippen molar-refractivity contribution in [2.75, 3.05) is 0 Å². The van der Waals surface area contributed by atoms with Crippen LogP contribution in [0, 0.1) is 11.8 Å². The fourth-order valence-corrected chi connectivity index (χ4v) is 3.56. The number of carbonyl (C=O) groups is 1. The third kappa shape index (κ3) is 13.4. The SMILES string of the molecule is C=CC(C)(CCCC(C)(Cl)CCCC(C)CCCC(C)C)OC(C)=O. The lowest BCUT2D eigenvalue weighted by molar-refractivity contribution is -0.151. The van der Waals surface area contributed by atoms with E-state index in [0.717, 1.165) is 37.5 Å². The molecule has 0 aliphatic heterocycles. The lowest BCUT2D eigenvalue weighted by Crippen LogP contribution is -2.29. The molecule has 0 aromatic carbocycles. The Hall–Kier alpha value is -0.500. The Bertz CT molecular complexity index is 389. The van der Waals surface area contributed by atoms with Gasteiger partial charge in [-0.25, -0.2) is 0 Å². The Kier molecular flexibility index (Phi) is 11.8. The Labute approximate surface area is 161 Å². The van der Waals surface area contributed by atoms with Crippen molar-refractivity contribution in [3.63, 3.8) is 0 Å². The highest BCUT2D eigenvalue weighted by molar-refractivity contribution is 6.23. The van der Waals surface area contributed by atoms with Crippen LogP contribution in [0.1, 0.15) is 99.3 Å². The van der Waals surface area contributed by atoms with E-state index in [1.807, 2.05) is 6.92 Å². The maximum absolute atomic E-state index is 11.2. The number of halogens is 1. The molecule has 0 amide bonds. The third-order valence-corrected chi connectivity index (χ3v) is 5.43. The summed E-state index contributed by atoms with van der Waals surface area (Å²) in [7, 11) is 0. The summed E-state index contributed by atoms with van der Waals surface area (Å²) in [6.45, 7) is 16.2. The number of alkyl halides is 1. The molecule has 0 bridgehead atoms. The highest BCUT2D eigenvalue weighted by Crippen LogP contribution is 2.31. The minimum atomic E-state index is -0.580. The second-order valence-corrected chi connectivity index (χ2v) is 9.61. The van der Waals surface area contributed by atoms with Crippen molar-refractivity contribution in [2.24, 2.45) is 11.8 Å². The van der Waals surface area contributed by atoms with Crippen LogP contribution in [-0.4, -0.2) is 16.4 Å². The van der Waals surface area contributed by atoms with Gasteiger partial charge in [0.05, 0.1) is 0 Å². The van der Waals surface area contributed by atoms with Crippen LogP contribution in [0.2, 0.25) is 0 Å². The first-order valence-corrected chi connectivity index (χ1v) is 10.4. The van der Waals surface area contributed by atoms with E-state index in [1.54, 1.807) is 6.08 Å². The van der Waals surface area contributed by atoms with Gasteiger partial charge in [-0.3, -0.25) is 4.79 Å². The lowest BCUT2D eigenvalue weighted by Gasteiger charge is -2.28. The van der Waals surface area contributed by atoms with E-state index in [0.29, 0.717) is 0 Å². The van der Waals surface area contributed by atoms with Gasteiger partial charge in [0.2, 0.25) is 0 Å². The molecule has 3 atom stereocenters. The number of carbonyl (C=O) groups excluding carboxylic acids is 1. The second kappa shape index (κ2) is 12.0. The molecular weight excluding hydrogens is 332 g/mol. The average molecular weight is 373 g/mol. The molecule has 0 N–H and O–H groups in total. The minimum Gasteiger partial charge on any atom is -0.455 e. The summed E-state index contributed by atoms with van der Waals surface area (Å²) in [6, 6.07) is 0. The van der Waals surface area contributed by atoms with Crippen LogP contribution in [0.5, 0.6) is 0 Å². The first kappa shape index (κ1) is 24.5. The third-order valence-electron chi connectivity index (χ3n) is 5.05. The molecule has 2 nitrogen and oxygen atoms in total. The average Bonchev–Trinajstić information content (AvgIpc) is 2.45. The first-order valence-electron chi connectivity index (χ1n) is 10.0. The van der Waals surface area contributed by atoms with Crippen molar-refractivity contribution in [3.8, 4) is 0 Å². The zero-order valence-electron chi connectivity index (χ0n) is 17.5. The zero-order valence-corrected chi connectivity index (χ0v) is 18.3. The highest BCUT2D eigenvalue weighted by atomic mass is 35.5. The number of ether oxygens (including phenoxy) is 1. The normalized spacial score (nSPS) is 17.6. The predicted molar refractivity (Wildman–Crippen MR) is 110 cm³/mol. The molecule has 3 heteroatoms. The minimum absolute atomic E-state index is 0.171. The number of hydrogen-bond acceptors (Lipinski definition) is 2. The summed E-state index contributed by atoms with van der Waals surface area (Å²) in [5.41, 5.74) is -0.580. The maximum atomic E-state index is 11.2. The van der Waals surface area contributed by atoms with E-state index in [-0.39, 0.29) is 10.8 Å². The molecule has 0 saturated carbocycles. The number of esters is 1. The Morgan fingerprint density at radius 2 is 1.60 bits per heavy atom. The van der Waals surface area contributed by atoms with E-state index >= 15 is 0 Å². The van der Waals surface area contributed by atoms with Gasteiger partial charge in [0, 0.05) is 11.8 Å². The molecular formula is C22H41ClO2. The lowest BCUT2D eigenvalue weighted by atomic mass is 9.90. The van der Waals surface area contributed by atoms with Gasteiger partial charge < -0.3 is 4.74 Å². The van der Waals surface area contributed by atoms with Crippen LogP contribution >= 0.6 is 11.6 Å². The summed E-state index contributed by atoms with van der Waals surface area (Å²) in [5.74, 6) is 1.34. The van der Waals surface area contributed by atoms with E-state index in [2.05, 4.69) is 34.3 Å². The maximum Gasteiger partial charge on any atom is 0.303 e. The largest absolute Gasteiger partial charge is 0.455 e. The van der Waals surface area contributed by atoms with E-state index < -0.39 is 5.60 Å². The van der Waals surface area contributed by atoms with Crippen LogP contribution in [0.4, 0.5) is 0 Å². The molecule has 0 saturated heterocycles. The van der Waals surface area contributed by atoms with Crippen molar-refractivity contribution < 1.29 is 9.53 Å². The summed E-state index contributed by atoms with van der Waals surface area (Å²) < 4.78 is 5.37. The molecule has 0 aromatic rings. The van der Waals surface area contributed by atoms with Crippen LogP contribution in [-0.2, 0) is 9.53 Å². The Balaban J connectivity index is 4.04. The van der Waals surface area contributed by atoms with Gasteiger partial charge in [-0.1, -0.05) is 59.5 Å². The van der Waals surface area contributed by atoms with Crippen LogP contribution < -0.4 is 0 Å². The molecule has 0 fully saturated rings. The second-order valence-electron chi connectivity index (χ2n) is 8.70. The van der Waals surface area contributed by atoms with Gasteiger partial charge in [0.25, 0.3) is 0 Å². The molecule has 3 unspecified atom stereocenters. The van der Waals surface area contributed by atoms with E-state index in [1.165, 1.54) is 39.0 Å². The van der Waals surface area contributed by atoms with Crippen molar-refractivity contribution in [3.05, 3.63) is 12.7 Å². The van der Waals surface area contributed by atoms with Crippen molar-refractivity contribution in [1.29, 1.82) is 0 Å². The van der Waals surface area contributed by atoms with Gasteiger partial charge in [-0.05, 0) is 57.4 Å². The van der Waals surface area contributed by atoms with Crippen molar-refractivity contribution >= 4 is 17.6 Å². The quantitative estimate of drug-likeness (QED) is 0.182. The Morgan fingerprint density at radius 3 is 2.12 bits per heavy atom. The van der Waals surface area contributed by atoms with Crippen molar-refractivity contribution in [1.82, 2.24) is 0 Å². The van der Waals surface area contributed by atoms with Gasteiger partial charge in [-0.15, -0.1) is 11.6 Å². The number of hydrogen-bond donors (Lipinski definition) is 0. The predicted octanol–water partition coefficient (Wildman–Crippen LogP) is 7.29. The topological polar surface area (TPSA) is 26.3 Å². The fraction of sp³-hybridized carbons (Fsp3) is 0.864. The molecule has 25 heavy (non-hydrogen) atoms. The first-order chi connectivity index (χ1) is 11.5. The smallest absolute Gasteiger partial charge is 0.303 e. The van der Waals surface area contributed by atoms with Crippen molar-refractivity contribution in [2.45, 2.75) is 110 Å². The fourth-order valence-electron chi connectivity index (χ4n) is 3.29. The summed E-state index contributed by atoms with van der Waals surface area (Å²) >= 11 is 6.71. The summed E-state index contributed by atoms with van der Waals surface area (Å²) in [6.07, 6.45) is 11.8. The van der Waals surface area contributed by atoms with Crippen LogP contribution in [0.25, 0.3) is 0 Å². The standard InChI is InChI=1S/C22H41ClO2/c1-8-22(7,25-20(5)24)17-11-16-21(6,23)15-10-14-19(4)13-9-12-18(2)3/h8,18-19H,1,9-17H2,2-7H3. The Morgan fingerprint density at radius 1 is 1.04 bits per heavy atom. The number of rotatable bonds is 14. The molecule has 0 aliphatic carbocycles. The molecule has 0 spiro atoms. The van der Waals surface area contributed by atoms with Crippen LogP contribution in [0.15, 0.2) is 12.7 Å². The summed E-state index contributed by atoms with van der Waals surface area (Å²) in [5, 5.41) is 0. The van der Waals surface area contributed by atoms with E-state index in [4.69, 9.17) is 16.3 Å².